The van der Waals surface area contributed by atoms with Gasteiger partial charge in [-0.05, 0) is 39.9 Å². The van der Waals surface area contributed by atoms with Gasteiger partial charge in [0.15, 0.2) is 0 Å². The number of alkyl halides is 4. The van der Waals surface area contributed by atoms with E-state index in [0.29, 0.717) is 12.6 Å². The van der Waals surface area contributed by atoms with E-state index in [4.69, 9.17) is 5.73 Å². The summed E-state index contributed by atoms with van der Waals surface area (Å²) in [7, 11) is 3.39. The van der Waals surface area contributed by atoms with Gasteiger partial charge in [0.1, 0.15) is 11.7 Å². The van der Waals surface area contributed by atoms with Crippen LogP contribution in [0.5, 0.6) is 0 Å². The number of rotatable bonds is 7. The first-order valence-electron chi connectivity index (χ1n) is 7.67. The van der Waals surface area contributed by atoms with E-state index in [9.17, 15) is 27.2 Å². The number of aromatic nitrogens is 1. The molecule has 1 aromatic heterocycles. The van der Waals surface area contributed by atoms with Gasteiger partial charge in [-0.15, -0.1) is 0 Å². The Bertz CT molecular complexity index is 675. The molecule has 1 rings (SSSR count). The molecule has 9 heteroatoms. The summed E-state index contributed by atoms with van der Waals surface area (Å²) >= 11 is 0. The molecule has 0 aliphatic heterocycles. The molecular formula is C16H23F4N3O2. The fourth-order valence-corrected chi connectivity index (χ4v) is 2.44. The Labute approximate surface area is 143 Å². The van der Waals surface area contributed by atoms with Gasteiger partial charge in [-0.1, -0.05) is 0 Å². The van der Waals surface area contributed by atoms with Gasteiger partial charge < -0.3 is 15.2 Å². The van der Waals surface area contributed by atoms with Crippen molar-refractivity contribution in [3.63, 3.8) is 0 Å². The second-order valence-electron chi connectivity index (χ2n) is 6.85. The SMILES string of the molecule is CN(C)CCc1cn(C(CC(C)(C)F)C(N)=O)c(=O)cc1C(F)(F)F. The Hall–Kier alpha value is -1.90. The summed E-state index contributed by atoms with van der Waals surface area (Å²) in [5.74, 6) is -0.980. The molecule has 1 aromatic rings. The van der Waals surface area contributed by atoms with Gasteiger partial charge in [-0.3, -0.25) is 9.59 Å². The molecule has 1 amide bonds. The summed E-state index contributed by atoms with van der Waals surface area (Å²) in [6, 6.07) is -0.931. The van der Waals surface area contributed by atoms with Gasteiger partial charge in [-0.25, -0.2) is 4.39 Å². The largest absolute Gasteiger partial charge is 0.416 e. The van der Waals surface area contributed by atoms with Crippen LogP contribution in [0.2, 0.25) is 0 Å². The van der Waals surface area contributed by atoms with Crippen LogP contribution in [0, 0.1) is 0 Å². The maximum absolute atomic E-state index is 13.9. The quantitative estimate of drug-likeness (QED) is 0.753. The maximum Gasteiger partial charge on any atom is 0.416 e. The van der Waals surface area contributed by atoms with Gasteiger partial charge in [0, 0.05) is 25.2 Å². The minimum atomic E-state index is -4.71. The van der Waals surface area contributed by atoms with Gasteiger partial charge in [-0.2, -0.15) is 13.2 Å². The van der Waals surface area contributed by atoms with E-state index in [2.05, 4.69) is 0 Å². The molecule has 0 fully saturated rings. The van der Waals surface area contributed by atoms with Crippen molar-refractivity contribution >= 4 is 5.91 Å². The molecule has 0 bridgehead atoms. The standard InChI is InChI=1S/C16H23F4N3O2/c1-15(2,17)8-12(14(21)25)23-9-10(5-6-22(3)4)11(7-13(23)24)16(18,19)20/h7,9,12H,5-6,8H2,1-4H3,(H2,21,25). The van der Waals surface area contributed by atoms with E-state index in [0.717, 1.165) is 10.8 Å². The summed E-state index contributed by atoms with van der Waals surface area (Å²) < 4.78 is 54.3. The monoisotopic (exact) mass is 365 g/mol. The molecule has 5 nitrogen and oxygen atoms in total. The average molecular weight is 365 g/mol. The molecule has 0 aliphatic rings. The number of carbonyl (C=O) groups is 1. The normalized spacial score (nSPS) is 14.0. The summed E-state index contributed by atoms with van der Waals surface area (Å²) in [6.45, 7) is 2.70. The third-order valence-corrected chi connectivity index (χ3v) is 3.64. The molecule has 1 atom stereocenters. The number of nitrogens with zero attached hydrogens (tertiary/aromatic N) is 2. The lowest BCUT2D eigenvalue weighted by atomic mass is 9.99. The first-order valence-corrected chi connectivity index (χ1v) is 7.67. The lowest BCUT2D eigenvalue weighted by Gasteiger charge is -2.24. The molecule has 1 unspecified atom stereocenters. The van der Waals surface area contributed by atoms with Crippen LogP contribution in [0.25, 0.3) is 0 Å². The number of carbonyl (C=O) groups excluding carboxylic acids is 1. The number of nitrogens with two attached hydrogens (primary N) is 1. The van der Waals surface area contributed by atoms with Crippen molar-refractivity contribution in [1.82, 2.24) is 9.47 Å². The van der Waals surface area contributed by atoms with Crippen LogP contribution in [0.3, 0.4) is 0 Å². The molecule has 0 spiro atoms. The van der Waals surface area contributed by atoms with E-state index < -0.39 is 41.3 Å². The summed E-state index contributed by atoms with van der Waals surface area (Å²) in [6.07, 6.45) is -4.15. The van der Waals surface area contributed by atoms with Gasteiger partial charge in [0.05, 0.1) is 5.56 Å². The van der Waals surface area contributed by atoms with Crippen LogP contribution < -0.4 is 11.3 Å². The van der Waals surface area contributed by atoms with E-state index in [1.807, 2.05) is 0 Å². The van der Waals surface area contributed by atoms with Crippen molar-refractivity contribution in [2.45, 2.75) is 44.6 Å². The molecule has 0 saturated carbocycles. The molecule has 2 N–H and O–H groups in total. The zero-order chi connectivity index (χ0) is 19.6. The molecular weight excluding hydrogens is 342 g/mol. The Morgan fingerprint density at radius 2 is 1.84 bits per heavy atom. The second-order valence-corrected chi connectivity index (χ2v) is 6.85. The number of halogens is 4. The van der Waals surface area contributed by atoms with Crippen LogP contribution in [0.4, 0.5) is 17.6 Å². The van der Waals surface area contributed by atoms with Crippen molar-refractivity contribution in [2.24, 2.45) is 5.73 Å². The summed E-state index contributed by atoms with van der Waals surface area (Å²) in [5, 5.41) is 0. The first kappa shape index (κ1) is 21.1. The fourth-order valence-electron chi connectivity index (χ4n) is 2.44. The van der Waals surface area contributed by atoms with Crippen molar-refractivity contribution in [1.29, 1.82) is 0 Å². The van der Waals surface area contributed by atoms with E-state index in [-0.39, 0.29) is 12.0 Å². The molecule has 0 saturated heterocycles. The molecule has 1 heterocycles. The lowest BCUT2D eigenvalue weighted by Crippen LogP contribution is -2.38. The average Bonchev–Trinajstić information content (AvgIpc) is 2.41. The summed E-state index contributed by atoms with van der Waals surface area (Å²) in [5.41, 5.74) is 1.16. The van der Waals surface area contributed by atoms with E-state index in [1.165, 1.54) is 13.8 Å². The van der Waals surface area contributed by atoms with Crippen molar-refractivity contribution in [2.75, 3.05) is 20.6 Å². The number of hydrogen-bond acceptors (Lipinski definition) is 3. The zero-order valence-electron chi connectivity index (χ0n) is 14.7. The zero-order valence-corrected chi connectivity index (χ0v) is 14.7. The number of amides is 1. The highest BCUT2D eigenvalue weighted by molar-refractivity contribution is 5.78. The number of likely N-dealkylation sites (N-methyl/N-ethyl adjacent to an activating group) is 1. The number of hydrogen-bond donors (Lipinski definition) is 1. The van der Waals surface area contributed by atoms with Crippen molar-refractivity contribution in [3.8, 4) is 0 Å². The number of pyridine rings is 1. The fraction of sp³-hybridized carbons (Fsp3) is 0.625. The Balaban J connectivity index is 3.47. The maximum atomic E-state index is 13.9. The van der Waals surface area contributed by atoms with Crippen LogP contribution >= 0.6 is 0 Å². The minimum absolute atomic E-state index is 0.00657. The minimum Gasteiger partial charge on any atom is -0.368 e. The van der Waals surface area contributed by atoms with Crippen molar-refractivity contribution < 1.29 is 22.4 Å². The molecule has 25 heavy (non-hydrogen) atoms. The van der Waals surface area contributed by atoms with Crippen molar-refractivity contribution in [3.05, 3.63) is 33.7 Å². The van der Waals surface area contributed by atoms with Gasteiger partial charge in [0.2, 0.25) is 5.91 Å². The Morgan fingerprint density at radius 1 is 1.28 bits per heavy atom. The van der Waals surface area contributed by atoms with E-state index >= 15 is 0 Å². The van der Waals surface area contributed by atoms with E-state index in [1.54, 1.807) is 19.0 Å². The highest BCUT2D eigenvalue weighted by atomic mass is 19.4. The molecule has 0 aliphatic carbocycles. The predicted octanol–water partition coefficient (Wildman–Crippen LogP) is 2.14. The second kappa shape index (κ2) is 7.55. The Kier molecular flexibility index (Phi) is 6.39. The highest BCUT2D eigenvalue weighted by Gasteiger charge is 2.36. The predicted molar refractivity (Wildman–Crippen MR) is 86.0 cm³/mol. The van der Waals surface area contributed by atoms with Crippen LogP contribution in [-0.2, 0) is 17.4 Å². The van der Waals surface area contributed by atoms with Crippen LogP contribution in [0.1, 0.15) is 37.4 Å². The lowest BCUT2D eigenvalue weighted by molar-refractivity contribution is -0.138. The Morgan fingerprint density at radius 3 is 2.24 bits per heavy atom. The van der Waals surface area contributed by atoms with Gasteiger partial charge in [0.25, 0.3) is 5.56 Å². The molecule has 142 valence electrons. The highest BCUT2D eigenvalue weighted by Crippen LogP contribution is 2.32. The summed E-state index contributed by atoms with van der Waals surface area (Å²) in [4.78, 5) is 25.5. The van der Waals surface area contributed by atoms with Gasteiger partial charge >= 0.3 is 6.18 Å². The third-order valence-electron chi connectivity index (χ3n) is 3.64. The number of primary amides is 1. The van der Waals surface area contributed by atoms with Crippen LogP contribution in [0.15, 0.2) is 17.1 Å². The molecule has 0 aromatic carbocycles. The third kappa shape index (κ3) is 6.15. The molecule has 0 radical (unpaired) electrons. The first-order chi connectivity index (χ1) is 11.2. The van der Waals surface area contributed by atoms with Crippen LogP contribution in [-0.4, -0.2) is 41.7 Å². The smallest absolute Gasteiger partial charge is 0.368 e. The topological polar surface area (TPSA) is 68.3 Å².